The SMILES string of the molecule is CN1CCCC(Oc2ccc(Nc3ncc4cc(-c5ccc(-c6ccnnc6)cc5C(F)(F)F)c(=O)n(CCN(C)S(C)(=O)=O)c4n3)cc2)C1. The summed E-state index contributed by atoms with van der Waals surface area (Å²) in [6.45, 7) is 1.57. The number of ether oxygens (including phenoxy) is 1. The van der Waals surface area contributed by atoms with Gasteiger partial charge in [-0.15, -0.1) is 0 Å². The Morgan fingerprint density at radius 1 is 1.02 bits per heavy atom. The first kappa shape index (κ1) is 34.9. The van der Waals surface area contributed by atoms with Crippen LogP contribution < -0.4 is 15.6 Å². The van der Waals surface area contributed by atoms with E-state index in [1.165, 1.54) is 54.5 Å². The minimum absolute atomic E-state index is 0.101. The third kappa shape index (κ3) is 7.93. The second-order valence-electron chi connectivity index (χ2n) is 12.3. The highest BCUT2D eigenvalue weighted by molar-refractivity contribution is 7.88. The van der Waals surface area contributed by atoms with Crippen molar-refractivity contribution in [3.8, 4) is 28.0 Å². The average molecular weight is 709 g/mol. The summed E-state index contributed by atoms with van der Waals surface area (Å²) in [5.41, 5.74) is -0.962. The fraction of sp³-hybridized carbons (Fsp3) is 0.324. The lowest BCUT2D eigenvalue weighted by Crippen LogP contribution is -2.38. The van der Waals surface area contributed by atoms with Gasteiger partial charge in [-0.3, -0.25) is 9.36 Å². The van der Waals surface area contributed by atoms with Gasteiger partial charge in [-0.1, -0.05) is 12.1 Å². The van der Waals surface area contributed by atoms with E-state index in [9.17, 15) is 26.4 Å². The van der Waals surface area contributed by atoms with Gasteiger partial charge < -0.3 is 15.0 Å². The molecule has 50 heavy (non-hydrogen) atoms. The van der Waals surface area contributed by atoms with Gasteiger partial charge in [0.15, 0.2) is 0 Å². The Labute approximate surface area is 286 Å². The number of rotatable bonds is 10. The summed E-state index contributed by atoms with van der Waals surface area (Å²) in [6.07, 6.45) is 2.48. The maximum atomic E-state index is 14.5. The molecule has 2 aromatic carbocycles. The largest absolute Gasteiger partial charge is 0.489 e. The highest BCUT2D eigenvalue weighted by Crippen LogP contribution is 2.39. The fourth-order valence-electron chi connectivity index (χ4n) is 5.83. The minimum atomic E-state index is -4.81. The number of hydrogen-bond donors (Lipinski definition) is 1. The van der Waals surface area contributed by atoms with Crippen molar-refractivity contribution in [2.45, 2.75) is 31.7 Å². The van der Waals surface area contributed by atoms with Crippen molar-refractivity contribution in [1.29, 1.82) is 0 Å². The smallest absolute Gasteiger partial charge is 0.417 e. The van der Waals surface area contributed by atoms with Crippen LogP contribution in [0.1, 0.15) is 18.4 Å². The maximum Gasteiger partial charge on any atom is 0.417 e. The van der Waals surface area contributed by atoms with E-state index >= 15 is 0 Å². The van der Waals surface area contributed by atoms with Crippen molar-refractivity contribution in [3.63, 3.8) is 0 Å². The van der Waals surface area contributed by atoms with E-state index in [0.29, 0.717) is 11.3 Å². The van der Waals surface area contributed by atoms with Crippen molar-refractivity contribution in [2.75, 3.05) is 45.3 Å². The number of halogens is 3. The Morgan fingerprint density at radius 2 is 1.80 bits per heavy atom. The lowest BCUT2D eigenvalue weighted by molar-refractivity contribution is -0.137. The van der Waals surface area contributed by atoms with Crippen molar-refractivity contribution >= 4 is 32.7 Å². The first-order valence-corrected chi connectivity index (χ1v) is 17.6. The molecule has 1 N–H and O–H groups in total. The highest BCUT2D eigenvalue weighted by atomic mass is 32.2. The Bertz CT molecular complexity index is 2160. The Kier molecular flexibility index (Phi) is 9.87. The maximum absolute atomic E-state index is 14.5. The number of fused-ring (bicyclic) bond motifs is 1. The average Bonchev–Trinajstić information content (AvgIpc) is 3.08. The van der Waals surface area contributed by atoms with Crippen molar-refractivity contribution in [1.82, 2.24) is 33.9 Å². The third-order valence-corrected chi connectivity index (χ3v) is 9.87. The van der Waals surface area contributed by atoms with Crippen molar-refractivity contribution in [2.24, 2.45) is 0 Å². The van der Waals surface area contributed by atoms with E-state index in [-0.39, 0.29) is 52.9 Å². The summed E-state index contributed by atoms with van der Waals surface area (Å²) in [4.78, 5) is 25.2. The van der Waals surface area contributed by atoms with Gasteiger partial charge in [0.1, 0.15) is 17.5 Å². The molecule has 0 aliphatic carbocycles. The van der Waals surface area contributed by atoms with Gasteiger partial charge >= 0.3 is 6.18 Å². The molecule has 0 amide bonds. The summed E-state index contributed by atoms with van der Waals surface area (Å²) in [6, 6.07) is 13.8. The molecule has 6 rings (SSSR count). The van der Waals surface area contributed by atoms with Crippen molar-refractivity contribution in [3.05, 3.63) is 89.1 Å². The molecule has 5 aromatic rings. The molecule has 1 atom stereocenters. The van der Waals surface area contributed by atoms with E-state index in [4.69, 9.17) is 4.74 Å². The van der Waals surface area contributed by atoms with E-state index < -0.39 is 27.3 Å². The highest BCUT2D eigenvalue weighted by Gasteiger charge is 2.35. The summed E-state index contributed by atoms with van der Waals surface area (Å²) >= 11 is 0. The quantitative estimate of drug-likeness (QED) is 0.210. The van der Waals surface area contributed by atoms with Gasteiger partial charge in [-0.05, 0) is 80.0 Å². The summed E-state index contributed by atoms with van der Waals surface area (Å²) in [5.74, 6) is 0.846. The van der Waals surface area contributed by atoms with Gasteiger partial charge in [0.05, 0.1) is 24.2 Å². The monoisotopic (exact) mass is 708 g/mol. The summed E-state index contributed by atoms with van der Waals surface area (Å²) < 4.78 is 76.3. The number of likely N-dealkylation sites (tertiary alicyclic amines) is 1. The van der Waals surface area contributed by atoms with Crippen LogP contribution in [0.15, 0.2) is 78.0 Å². The predicted molar refractivity (Wildman–Crippen MR) is 184 cm³/mol. The standard InChI is InChI=1S/C34H35F3N8O4S/c1-43-14-4-5-27(21-43)49-26-9-7-25(8-10-26)41-33-38-19-24-17-29(32(46)45(31(24)42-33)16-15-44(2)50(3,47)48)28-11-6-22(18-30(28)34(35,36)37)23-12-13-39-40-20-23/h6-13,17-20,27H,4-5,14-16,21H2,1-3H3,(H,38,41,42). The lowest BCUT2D eigenvalue weighted by atomic mass is 9.95. The predicted octanol–water partition coefficient (Wildman–Crippen LogP) is 5.04. The number of pyridine rings is 1. The summed E-state index contributed by atoms with van der Waals surface area (Å²) in [7, 11) is -0.206. The van der Waals surface area contributed by atoms with Crippen LogP contribution in [0.25, 0.3) is 33.3 Å². The van der Waals surface area contributed by atoms with Crippen LogP contribution in [0, 0.1) is 0 Å². The van der Waals surface area contributed by atoms with Crippen LogP contribution >= 0.6 is 0 Å². The molecule has 1 aliphatic heterocycles. The first-order valence-electron chi connectivity index (χ1n) is 15.8. The number of nitrogens with zero attached hydrogens (tertiary/aromatic N) is 7. The number of nitrogens with one attached hydrogen (secondary N) is 1. The molecular formula is C34H35F3N8O4S. The van der Waals surface area contributed by atoms with E-state index in [1.54, 1.807) is 12.1 Å². The molecule has 0 radical (unpaired) electrons. The number of benzene rings is 2. The number of piperidine rings is 1. The second-order valence-corrected chi connectivity index (χ2v) is 14.3. The van der Waals surface area contributed by atoms with Crippen LogP contribution in [0.2, 0.25) is 0 Å². The van der Waals surface area contributed by atoms with E-state index in [0.717, 1.165) is 48.3 Å². The minimum Gasteiger partial charge on any atom is -0.489 e. The zero-order valence-corrected chi connectivity index (χ0v) is 28.4. The molecule has 1 saturated heterocycles. The molecule has 1 fully saturated rings. The fourth-order valence-corrected chi connectivity index (χ4v) is 6.25. The molecule has 16 heteroatoms. The third-order valence-electron chi connectivity index (χ3n) is 8.56. The van der Waals surface area contributed by atoms with Gasteiger partial charge in [0.2, 0.25) is 16.0 Å². The summed E-state index contributed by atoms with van der Waals surface area (Å²) in [5, 5.41) is 10.8. The molecule has 0 spiro atoms. The molecular weight excluding hydrogens is 673 g/mol. The first-order chi connectivity index (χ1) is 23.8. The van der Waals surface area contributed by atoms with E-state index in [2.05, 4.69) is 37.4 Å². The van der Waals surface area contributed by atoms with Crippen LogP contribution in [0.5, 0.6) is 5.75 Å². The van der Waals surface area contributed by atoms with Crippen LogP contribution in [0.4, 0.5) is 24.8 Å². The van der Waals surface area contributed by atoms with Gasteiger partial charge in [0, 0.05) is 55.1 Å². The Morgan fingerprint density at radius 3 is 2.48 bits per heavy atom. The second kappa shape index (κ2) is 14.1. The van der Waals surface area contributed by atoms with Crippen LogP contribution in [-0.2, 0) is 22.7 Å². The Hall–Kier alpha value is -4.93. The molecule has 4 heterocycles. The zero-order chi connectivity index (χ0) is 35.6. The molecule has 3 aromatic heterocycles. The number of alkyl halides is 3. The van der Waals surface area contributed by atoms with Crippen LogP contribution in [0.3, 0.4) is 0 Å². The molecule has 0 saturated carbocycles. The molecule has 1 aliphatic rings. The van der Waals surface area contributed by atoms with E-state index in [1.807, 2.05) is 12.1 Å². The molecule has 12 nitrogen and oxygen atoms in total. The zero-order valence-electron chi connectivity index (χ0n) is 27.6. The van der Waals surface area contributed by atoms with Gasteiger partial charge in [-0.25, -0.2) is 17.7 Å². The molecule has 262 valence electrons. The number of anilines is 2. The normalized spacial score (nSPS) is 15.8. The number of likely N-dealkylation sites (N-methyl/N-ethyl adjacent to an activating group) is 2. The number of sulfonamides is 1. The topological polar surface area (TPSA) is 135 Å². The number of aromatic nitrogens is 5. The van der Waals surface area contributed by atoms with Gasteiger partial charge in [-0.2, -0.15) is 28.4 Å². The lowest BCUT2D eigenvalue weighted by Gasteiger charge is -2.30. The Balaban J connectivity index is 1.37. The molecule has 1 unspecified atom stereocenters. The van der Waals surface area contributed by atoms with Crippen LogP contribution in [-0.4, -0.2) is 88.4 Å². The van der Waals surface area contributed by atoms with Crippen molar-refractivity contribution < 1.29 is 26.3 Å². The van der Waals surface area contributed by atoms with Gasteiger partial charge in [0.25, 0.3) is 5.56 Å². The number of hydrogen-bond acceptors (Lipinski definition) is 10. The molecule has 0 bridgehead atoms.